The van der Waals surface area contributed by atoms with Gasteiger partial charge >= 0.3 is 0 Å². The third kappa shape index (κ3) is 3.82. The number of piperidine rings is 1. The van der Waals surface area contributed by atoms with Gasteiger partial charge in [0.05, 0.1) is 17.7 Å². The van der Waals surface area contributed by atoms with Gasteiger partial charge in [-0.25, -0.2) is 0 Å². The molecule has 0 spiro atoms. The molecule has 1 fully saturated rings. The average Bonchev–Trinajstić information content (AvgIpc) is 2.53. The molecule has 1 aliphatic rings. The standard InChI is InChI=1S/C16H21N3O/c1-13(16(20)19-8-3-2-4-9-19)18-12-15-7-5-6-14(10-15)11-17/h5-7,10,13,18H,2-4,8-9,12H2,1H3/t13-/m1/s1. The van der Waals surface area contributed by atoms with Crippen LogP contribution in [0.1, 0.15) is 37.3 Å². The van der Waals surface area contributed by atoms with Crippen LogP contribution in [0.2, 0.25) is 0 Å². The maximum atomic E-state index is 12.3. The molecule has 1 N–H and O–H groups in total. The van der Waals surface area contributed by atoms with Crippen molar-refractivity contribution in [1.29, 1.82) is 5.26 Å². The molecule has 1 aromatic rings. The normalized spacial score (nSPS) is 16.5. The number of carbonyl (C=O) groups is 1. The van der Waals surface area contributed by atoms with Crippen LogP contribution in [0.15, 0.2) is 24.3 Å². The number of nitriles is 1. The zero-order valence-electron chi connectivity index (χ0n) is 11.9. The molecular formula is C16H21N3O. The number of rotatable bonds is 4. The van der Waals surface area contributed by atoms with E-state index in [0.717, 1.165) is 31.5 Å². The van der Waals surface area contributed by atoms with Gasteiger partial charge in [-0.05, 0) is 43.9 Å². The van der Waals surface area contributed by atoms with Crippen LogP contribution in [0, 0.1) is 11.3 Å². The van der Waals surface area contributed by atoms with Gasteiger partial charge < -0.3 is 10.2 Å². The summed E-state index contributed by atoms with van der Waals surface area (Å²) >= 11 is 0. The Hall–Kier alpha value is -1.86. The summed E-state index contributed by atoms with van der Waals surface area (Å²) in [6.45, 7) is 4.28. The second kappa shape index (κ2) is 7.06. The van der Waals surface area contributed by atoms with Gasteiger partial charge in [-0.1, -0.05) is 12.1 Å². The number of benzene rings is 1. The molecule has 1 atom stereocenters. The molecule has 1 amide bonds. The van der Waals surface area contributed by atoms with Crippen LogP contribution in [0.25, 0.3) is 0 Å². The Morgan fingerprint density at radius 1 is 1.40 bits per heavy atom. The Bertz CT molecular complexity index is 501. The first-order valence-electron chi connectivity index (χ1n) is 7.22. The van der Waals surface area contributed by atoms with E-state index < -0.39 is 0 Å². The summed E-state index contributed by atoms with van der Waals surface area (Å²) in [7, 11) is 0. The predicted octanol–water partition coefficient (Wildman–Crippen LogP) is 2.05. The van der Waals surface area contributed by atoms with Crippen molar-refractivity contribution in [3.8, 4) is 6.07 Å². The second-order valence-electron chi connectivity index (χ2n) is 5.30. The molecule has 0 bridgehead atoms. The molecule has 106 valence electrons. The van der Waals surface area contributed by atoms with E-state index in [4.69, 9.17) is 5.26 Å². The van der Waals surface area contributed by atoms with Gasteiger partial charge in [-0.3, -0.25) is 4.79 Å². The smallest absolute Gasteiger partial charge is 0.239 e. The number of hydrogen-bond acceptors (Lipinski definition) is 3. The van der Waals surface area contributed by atoms with Crippen LogP contribution in [0.3, 0.4) is 0 Å². The fourth-order valence-corrected chi connectivity index (χ4v) is 2.50. The number of nitrogens with zero attached hydrogens (tertiary/aromatic N) is 2. The van der Waals surface area contributed by atoms with E-state index >= 15 is 0 Å². The maximum Gasteiger partial charge on any atom is 0.239 e. The van der Waals surface area contributed by atoms with Crippen molar-refractivity contribution >= 4 is 5.91 Å². The number of nitrogens with one attached hydrogen (secondary N) is 1. The van der Waals surface area contributed by atoms with Crippen LogP contribution in [-0.4, -0.2) is 29.9 Å². The van der Waals surface area contributed by atoms with Crippen LogP contribution in [0.4, 0.5) is 0 Å². The number of likely N-dealkylation sites (tertiary alicyclic amines) is 1. The van der Waals surface area contributed by atoms with Gasteiger partial charge in [0.15, 0.2) is 0 Å². The molecule has 0 radical (unpaired) electrons. The monoisotopic (exact) mass is 271 g/mol. The minimum Gasteiger partial charge on any atom is -0.341 e. The molecule has 1 heterocycles. The first kappa shape index (κ1) is 14.5. The summed E-state index contributed by atoms with van der Waals surface area (Å²) in [5.41, 5.74) is 1.68. The molecular weight excluding hydrogens is 250 g/mol. The Morgan fingerprint density at radius 3 is 2.85 bits per heavy atom. The van der Waals surface area contributed by atoms with E-state index in [0.29, 0.717) is 12.1 Å². The van der Waals surface area contributed by atoms with Crippen molar-refractivity contribution in [2.75, 3.05) is 13.1 Å². The van der Waals surface area contributed by atoms with E-state index in [1.165, 1.54) is 6.42 Å². The summed E-state index contributed by atoms with van der Waals surface area (Å²) in [6, 6.07) is 9.41. The summed E-state index contributed by atoms with van der Waals surface area (Å²) in [5.74, 6) is 0.182. The second-order valence-corrected chi connectivity index (χ2v) is 5.30. The van der Waals surface area contributed by atoms with Gasteiger partial charge in [0, 0.05) is 19.6 Å². The Balaban J connectivity index is 1.86. The summed E-state index contributed by atoms with van der Waals surface area (Å²) in [5, 5.41) is 12.1. The molecule has 1 aromatic carbocycles. The van der Waals surface area contributed by atoms with Crippen LogP contribution < -0.4 is 5.32 Å². The van der Waals surface area contributed by atoms with E-state index in [1.807, 2.05) is 30.0 Å². The first-order chi connectivity index (χ1) is 9.70. The lowest BCUT2D eigenvalue weighted by atomic mass is 10.1. The third-order valence-electron chi connectivity index (χ3n) is 3.71. The van der Waals surface area contributed by atoms with Gasteiger partial charge in [-0.2, -0.15) is 5.26 Å². The quantitative estimate of drug-likeness (QED) is 0.912. The molecule has 4 heteroatoms. The molecule has 0 aliphatic carbocycles. The molecule has 0 unspecified atom stereocenters. The van der Waals surface area contributed by atoms with Crippen molar-refractivity contribution in [1.82, 2.24) is 10.2 Å². The number of hydrogen-bond donors (Lipinski definition) is 1. The topological polar surface area (TPSA) is 56.1 Å². The van der Waals surface area contributed by atoms with Crippen LogP contribution in [0.5, 0.6) is 0 Å². The molecule has 20 heavy (non-hydrogen) atoms. The Labute approximate surface area is 120 Å². The molecule has 2 rings (SSSR count). The maximum absolute atomic E-state index is 12.3. The van der Waals surface area contributed by atoms with Gasteiger partial charge in [0.1, 0.15) is 0 Å². The summed E-state index contributed by atoms with van der Waals surface area (Å²) in [4.78, 5) is 14.2. The lowest BCUT2D eigenvalue weighted by Gasteiger charge is -2.29. The average molecular weight is 271 g/mol. The molecule has 0 saturated carbocycles. The van der Waals surface area contributed by atoms with Crippen molar-refractivity contribution in [2.45, 2.75) is 38.8 Å². The highest BCUT2D eigenvalue weighted by Gasteiger charge is 2.21. The SMILES string of the molecule is C[C@@H](NCc1cccc(C#N)c1)C(=O)N1CCCCC1. The highest BCUT2D eigenvalue weighted by molar-refractivity contribution is 5.81. The largest absolute Gasteiger partial charge is 0.341 e. The summed E-state index contributed by atoms with van der Waals surface area (Å²) in [6.07, 6.45) is 3.46. The fourth-order valence-electron chi connectivity index (χ4n) is 2.50. The molecule has 1 saturated heterocycles. The highest BCUT2D eigenvalue weighted by atomic mass is 16.2. The van der Waals surface area contributed by atoms with E-state index in [-0.39, 0.29) is 11.9 Å². The van der Waals surface area contributed by atoms with Crippen molar-refractivity contribution in [3.05, 3.63) is 35.4 Å². The van der Waals surface area contributed by atoms with Crippen LogP contribution in [-0.2, 0) is 11.3 Å². The predicted molar refractivity (Wildman–Crippen MR) is 77.9 cm³/mol. The van der Waals surface area contributed by atoms with E-state index in [1.54, 1.807) is 6.07 Å². The fraction of sp³-hybridized carbons (Fsp3) is 0.500. The zero-order valence-corrected chi connectivity index (χ0v) is 11.9. The Morgan fingerprint density at radius 2 is 2.15 bits per heavy atom. The lowest BCUT2D eigenvalue weighted by molar-refractivity contribution is -0.133. The van der Waals surface area contributed by atoms with E-state index in [9.17, 15) is 4.79 Å². The summed E-state index contributed by atoms with van der Waals surface area (Å²) < 4.78 is 0. The van der Waals surface area contributed by atoms with Crippen molar-refractivity contribution < 1.29 is 4.79 Å². The Kier molecular flexibility index (Phi) is 5.14. The third-order valence-corrected chi connectivity index (χ3v) is 3.71. The van der Waals surface area contributed by atoms with E-state index in [2.05, 4.69) is 11.4 Å². The lowest BCUT2D eigenvalue weighted by Crippen LogP contribution is -2.46. The van der Waals surface area contributed by atoms with Gasteiger partial charge in [-0.15, -0.1) is 0 Å². The minimum atomic E-state index is -0.182. The molecule has 1 aliphatic heterocycles. The molecule has 0 aromatic heterocycles. The first-order valence-corrected chi connectivity index (χ1v) is 7.22. The molecule has 4 nitrogen and oxygen atoms in total. The van der Waals surface area contributed by atoms with Crippen molar-refractivity contribution in [3.63, 3.8) is 0 Å². The van der Waals surface area contributed by atoms with Crippen molar-refractivity contribution in [2.24, 2.45) is 0 Å². The highest BCUT2D eigenvalue weighted by Crippen LogP contribution is 2.10. The number of amides is 1. The van der Waals surface area contributed by atoms with Crippen LogP contribution >= 0.6 is 0 Å². The van der Waals surface area contributed by atoms with Gasteiger partial charge in [0.2, 0.25) is 5.91 Å². The zero-order chi connectivity index (χ0) is 14.4. The van der Waals surface area contributed by atoms with Gasteiger partial charge in [0.25, 0.3) is 0 Å². The minimum absolute atomic E-state index is 0.182. The number of carbonyl (C=O) groups excluding carboxylic acids is 1.